The number of hydrogen-bond donors (Lipinski definition) is 2. The molecular weight excluding hydrogens is 291 g/mol. The Hall–Kier alpha value is -0.280. The molecule has 1 aromatic carbocycles. The van der Waals surface area contributed by atoms with Crippen LogP contribution in [0.5, 0.6) is 0 Å². The first-order valence-electron chi connectivity index (χ1n) is 7.42. The first-order chi connectivity index (χ1) is 9.52. The van der Waals surface area contributed by atoms with Gasteiger partial charge in [0.2, 0.25) is 0 Å². The summed E-state index contributed by atoms with van der Waals surface area (Å²) in [5.74, 6) is 7.96. The lowest BCUT2D eigenvalue weighted by Crippen LogP contribution is -2.44. The maximum atomic E-state index is 6.27. The van der Waals surface area contributed by atoms with Crippen LogP contribution in [0.2, 0.25) is 10.0 Å². The summed E-state index contributed by atoms with van der Waals surface area (Å²) in [6.07, 6.45) is 4.52. The van der Waals surface area contributed by atoms with E-state index in [0.29, 0.717) is 5.92 Å². The smallest absolute Gasteiger partial charge is 0.0453 e. The molecule has 2 rings (SSSR count). The molecule has 2 nitrogen and oxygen atoms in total. The third-order valence-electron chi connectivity index (χ3n) is 4.91. The topological polar surface area (TPSA) is 38.0 Å². The highest BCUT2D eigenvalue weighted by atomic mass is 35.5. The van der Waals surface area contributed by atoms with E-state index in [4.69, 9.17) is 29.0 Å². The van der Waals surface area contributed by atoms with Crippen molar-refractivity contribution in [2.75, 3.05) is 0 Å². The zero-order valence-electron chi connectivity index (χ0n) is 12.2. The SMILES string of the molecule is CC1CCC(C(Cc2c(Cl)cccc2Cl)NN)CC1C. The van der Waals surface area contributed by atoms with E-state index in [-0.39, 0.29) is 6.04 Å². The maximum absolute atomic E-state index is 6.27. The zero-order chi connectivity index (χ0) is 14.7. The molecule has 112 valence electrons. The second kappa shape index (κ2) is 7.13. The quantitative estimate of drug-likeness (QED) is 0.637. The average molecular weight is 315 g/mol. The molecular formula is C16H24Cl2N2. The molecule has 0 bridgehead atoms. The molecule has 20 heavy (non-hydrogen) atoms. The lowest BCUT2D eigenvalue weighted by Gasteiger charge is -2.36. The molecule has 1 saturated carbocycles. The van der Waals surface area contributed by atoms with Gasteiger partial charge in [0.1, 0.15) is 0 Å². The second-order valence-electron chi connectivity index (χ2n) is 6.21. The van der Waals surface area contributed by atoms with Gasteiger partial charge in [-0.25, -0.2) is 0 Å². The molecule has 0 radical (unpaired) electrons. The van der Waals surface area contributed by atoms with Gasteiger partial charge in [0.05, 0.1) is 0 Å². The Morgan fingerprint density at radius 3 is 2.40 bits per heavy atom. The van der Waals surface area contributed by atoms with Crippen molar-refractivity contribution in [1.29, 1.82) is 0 Å². The van der Waals surface area contributed by atoms with Crippen molar-refractivity contribution in [2.24, 2.45) is 23.6 Å². The number of halogens is 2. The Bertz CT molecular complexity index is 430. The van der Waals surface area contributed by atoms with E-state index in [9.17, 15) is 0 Å². The third kappa shape index (κ3) is 3.67. The van der Waals surface area contributed by atoms with Gasteiger partial charge in [0.15, 0.2) is 0 Å². The molecule has 1 aliphatic carbocycles. The fourth-order valence-electron chi connectivity index (χ4n) is 3.26. The minimum Gasteiger partial charge on any atom is -0.271 e. The number of hydrogen-bond acceptors (Lipinski definition) is 2. The molecule has 0 aromatic heterocycles. The molecule has 0 spiro atoms. The van der Waals surface area contributed by atoms with Crippen LogP contribution in [0.15, 0.2) is 18.2 Å². The number of hydrazine groups is 1. The largest absolute Gasteiger partial charge is 0.271 e. The van der Waals surface area contributed by atoms with Crippen molar-refractivity contribution >= 4 is 23.2 Å². The summed E-state index contributed by atoms with van der Waals surface area (Å²) in [5.41, 5.74) is 4.00. The van der Waals surface area contributed by atoms with Crippen LogP contribution in [0, 0.1) is 17.8 Å². The van der Waals surface area contributed by atoms with Gasteiger partial charge in [-0.3, -0.25) is 11.3 Å². The minimum atomic E-state index is 0.238. The molecule has 0 amide bonds. The highest BCUT2D eigenvalue weighted by Crippen LogP contribution is 2.36. The van der Waals surface area contributed by atoms with Gasteiger partial charge in [-0.2, -0.15) is 0 Å². The summed E-state index contributed by atoms with van der Waals surface area (Å²) >= 11 is 12.5. The Morgan fingerprint density at radius 2 is 1.85 bits per heavy atom. The molecule has 0 saturated heterocycles. The van der Waals surface area contributed by atoms with E-state index >= 15 is 0 Å². The monoisotopic (exact) mass is 314 g/mol. The summed E-state index contributed by atoms with van der Waals surface area (Å²) in [7, 11) is 0. The molecule has 4 atom stereocenters. The van der Waals surface area contributed by atoms with E-state index in [1.807, 2.05) is 18.2 Å². The van der Waals surface area contributed by atoms with Crippen molar-refractivity contribution in [3.8, 4) is 0 Å². The van der Waals surface area contributed by atoms with E-state index in [1.165, 1.54) is 19.3 Å². The number of rotatable bonds is 4. The van der Waals surface area contributed by atoms with Gasteiger partial charge in [-0.1, -0.05) is 49.5 Å². The van der Waals surface area contributed by atoms with E-state index in [2.05, 4.69) is 19.3 Å². The Balaban J connectivity index is 2.09. The summed E-state index contributed by atoms with van der Waals surface area (Å²) in [6, 6.07) is 5.90. The van der Waals surface area contributed by atoms with Crippen molar-refractivity contribution < 1.29 is 0 Å². The van der Waals surface area contributed by atoms with E-state index in [1.54, 1.807) is 0 Å². The van der Waals surface area contributed by atoms with Gasteiger partial charge < -0.3 is 0 Å². The molecule has 4 unspecified atom stereocenters. The average Bonchev–Trinajstić information content (AvgIpc) is 2.42. The number of benzene rings is 1. The van der Waals surface area contributed by atoms with E-state index in [0.717, 1.165) is 33.9 Å². The van der Waals surface area contributed by atoms with Crippen molar-refractivity contribution in [3.63, 3.8) is 0 Å². The van der Waals surface area contributed by atoms with Gasteiger partial charge >= 0.3 is 0 Å². The maximum Gasteiger partial charge on any atom is 0.0453 e. The summed E-state index contributed by atoms with van der Waals surface area (Å²) in [4.78, 5) is 0. The van der Waals surface area contributed by atoms with Crippen molar-refractivity contribution in [3.05, 3.63) is 33.8 Å². The predicted molar refractivity (Wildman–Crippen MR) is 86.9 cm³/mol. The zero-order valence-corrected chi connectivity index (χ0v) is 13.7. The van der Waals surface area contributed by atoms with Crippen LogP contribution >= 0.6 is 23.2 Å². The normalized spacial score (nSPS) is 28.4. The van der Waals surface area contributed by atoms with Crippen molar-refractivity contribution in [2.45, 2.75) is 45.6 Å². The Morgan fingerprint density at radius 1 is 1.20 bits per heavy atom. The summed E-state index contributed by atoms with van der Waals surface area (Å²) < 4.78 is 0. The molecule has 0 aliphatic heterocycles. The minimum absolute atomic E-state index is 0.238. The van der Waals surface area contributed by atoms with Crippen LogP contribution in [0.25, 0.3) is 0 Å². The van der Waals surface area contributed by atoms with Crippen LogP contribution in [0.3, 0.4) is 0 Å². The second-order valence-corrected chi connectivity index (χ2v) is 7.02. The highest BCUT2D eigenvalue weighted by molar-refractivity contribution is 6.36. The number of nitrogens with one attached hydrogen (secondary N) is 1. The lowest BCUT2D eigenvalue weighted by atomic mass is 9.72. The van der Waals surface area contributed by atoms with Gasteiger partial charge in [0, 0.05) is 16.1 Å². The standard InChI is InChI=1S/C16H24Cl2N2/c1-10-6-7-12(8-11(10)2)16(20-19)9-13-14(17)4-3-5-15(13)18/h3-5,10-12,16,20H,6-9,19H2,1-2H3. The summed E-state index contributed by atoms with van der Waals surface area (Å²) in [6.45, 7) is 4.68. The lowest BCUT2D eigenvalue weighted by molar-refractivity contribution is 0.170. The van der Waals surface area contributed by atoms with Crippen LogP contribution in [-0.4, -0.2) is 6.04 Å². The molecule has 0 heterocycles. The van der Waals surface area contributed by atoms with Gasteiger partial charge in [-0.15, -0.1) is 0 Å². The number of nitrogens with two attached hydrogens (primary N) is 1. The van der Waals surface area contributed by atoms with Gasteiger partial charge in [0.25, 0.3) is 0 Å². The Labute approximate surface area is 132 Å². The molecule has 1 aromatic rings. The molecule has 1 fully saturated rings. The van der Waals surface area contributed by atoms with Gasteiger partial charge in [-0.05, 0) is 54.7 Å². The predicted octanol–water partition coefficient (Wildman–Crippen LogP) is 4.44. The van der Waals surface area contributed by atoms with Crippen LogP contribution in [-0.2, 0) is 6.42 Å². The highest BCUT2D eigenvalue weighted by Gasteiger charge is 2.30. The van der Waals surface area contributed by atoms with Crippen LogP contribution in [0.1, 0.15) is 38.7 Å². The van der Waals surface area contributed by atoms with Crippen LogP contribution in [0.4, 0.5) is 0 Å². The van der Waals surface area contributed by atoms with E-state index < -0.39 is 0 Å². The molecule has 3 N–H and O–H groups in total. The van der Waals surface area contributed by atoms with Crippen LogP contribution < -0.4 is 11.3 Å². The van der Waals surface area contributed by atoms with Crippen molar-refractivity contribution in [1.82, 2.24) is 5.43 Å². The Kier molecular flexibility index (Phi) is 5.74. The molecule has 4 heteroatoms. The third-order valence-corrected chi connectivity index (χ3v) is 5.62. The first-order valence-corrected chi connectivity index (χ1v) is 8.17. The fraction of sp³-hybridized carbons (Fsp3) is 0.625. The molecule has 1 aliphatic rings. The summed E-state index contributed by atoms with van der Waals surface area (Å²) in [5, 5.41) is 1.46. The fourth-order valence-corrected chi connectivity index (χ4v) is 3.82. The first kappa shape index (κ1) is 16.1.